The molecule has 1 aromatic rings. The maximum absolute atomic E-state index is 12.7. The Morgan fingerprint density at radius 3 is 2.76 bits per heavy atom. The zero-order chi connectivity index (χ0) is 15.5. The Morgan fingerprint density at radius 2 is 2.19 bits per heavy atom. The smallest absolute Gasteiger partial charge is 0.260 e. The molecule has 1 aliphatic rings. The minimum absolute atomic E-state index is 0.275. The zero-order valence-electron chi connectivity index (χ0n) is 13.1. The van der Waals surface area contributed by atoms with Crippen LogP contribution in [0.1, 0.15) is 33.1 Å². The van der Waals surface area contributed by atoms with Crippen LogP contribution in [0.2, 0.25) is 0 Å². The monoisotopic (exact) mass is 314 g/mol. The number of nitrogens with zero attached hydrogens (tertiary/aromatic N) is 3. The Hall–Kier alpha value is -0.920. The molecule has 2 unspecified atom stereocenters. The summed E-state index contributed by atoms with van der Waals surface area (Å²) in [7, 11) is -1.76. The molecular weight excluding hydrogens is 288 g/mol. The average Bonchev–Trinajstić information content (AvgIpc) is 2.91. The normalized spacial score (nSPS) is 24.3. The van der Waals surface area contributed by atoms with Crippen LogP contribution in [0.15, 0.2) is 17.3 Å². The van der Waals surface area contributed by atoms with Gasteiger partial charge < -0.3 is 5.32 Å². The zero-order valence-corrected chi connectivity index (χ0v) is 13.9. The fourth-order valence-electron chi connectivity index (χ4n) is 2.98. The molecular formula is C14H26N4O2S. The van der Waals surface area contributed by atoms with Gasteiger partial charge in [-0.1, -0.05) is 20.3 Å². The maximum atomic E-state index is 12.7. The molecule has 1 saturated heterocycles. The first kappa shape index (κ1) is 16.5. The third-order valence-corrected chi connectivity index (χ3v) is 6.20. The molecule has 2 heterocycles. The molecule has 7 heteroatoms. The van der Waals surface area contributed by atoms with Crippen molar-refractivity contribution in [2.75, 3.05) is 19.6 Å². The molecule has 1 fully saturated rings. The van der Waals surface area contributed by atoms with Crippen molar-refractivity contribution < 1.29 is 8.42 Å². The van der Waals surface area contributed by atoms with Gasteiger partial charge in [0.1, 0.15) is 0 Å². The van der Waals surface area contributed by atoms with Gasteiger partial charge in [0.15, 0.2) is 5.03 Å². The van der Waals surface area contributed by atoms with Crippen molar-refractivity contribution in [3.05, 3.63) is 12.3 Å². The van der Waals surface area contributed by atoms with Gasteiger partial charge in [-0.2, -0.15) is 9.40 Å². The molecule has 1 aliphatic heterocycles. The van der Waals surface area contributed by atoms with Crippen LogP contribution >= 0.6 is 0 Å². The number of rotatable bonds is 6. The summed E-state index contributed by atoms with van der Waals surface area (Å²) in [6.07, 6.45) is 4.48. The van der Waals surface area contributed by atoms with Crippen LogP contribution in [0, 0.1) is 5.92 Å². The molecule has 1 aromatic heterocycles. The highest BCUT2D eigenvalue weighted by Gasteiger charge is 2.35. The summed E-state index contributed by atoms with van der Waals surface area (Å²) < 4.78 is 28.4. The fourth-order valence-corrected chi connectivity index (χ4v) is 4.59. The molecule has 0 saturated carbocycles. The Labute approximate surface area is 127 Å². The van der Waals surface area contributed by atoms with E-state index in [0.717, 1.165) is 25.8 Å². The molecule has 120 valence electrons. The van der Waals surface area contributed by atoms with Gasteiger partial charge in [0.2, 0.25) is 0 Å². The molecule has 1 N–H and O–H groups in total. The standard InChI is InChI=1S/C14H26N4O2S/c1-4-8-15-13-7-10-18(11-12(13)5-2)21(19,20)14-6-9-16-17(14)3/h6,9,12-13,15H,4-5,7-8,10-11H2,1-3H3. The number of piperidine rings is 1. The van der Waals surface area contributed by atoms with Gasteiger partial charge in [-0.05, 0) is 31.4 Å². The lowest BCUT2D eigenvalue weighted by atomic mass is 9.91. The summed E-state index contributed by atoms with van der Waals surface area (Å²) >= 11 is 0. The number of aryl methyl sites for hydroxylation is 1. The lowest BCUT2D eigenvalue weighted by Gasteiger charge is -2.38. The van der Waals surface area contributed by atoms with E-state index in [-0.39, 0.29) is 5.03 Å². The second kappa shape index (κ2) is 6.89. The SMILES string of the molecule is CCCNC1CCN(S(=O)(=O)c2ccnn2C)CC1CC. The molecule has 6 nitrogen and oxygen atoms in total. The first-order valence-corrected chi connectivity index (χ1v) is 9.16. The van der Waals surface area contributed by atoms with Crippen molar-refractivity contribution in [1.29, 1.82) is 0 Å². The summed E-state index contributed by atoms with van der Waals surface area (Å²) in [6, 6.07) is 1.99. The summed E-state index contributed by atoms with van der Waals surface area (Å²) in [5.41, 5.74) is 0. The fraction of sp³-hybridized carbons (Fsp3) is 0.786. The van der Waals surface area contributed by atoms with Gasteiger partial charge >= 0.3 is 0 Å². The molecule has 0 radical (unpaired) electrons. The Bertz CT molecular complexity index is 555. The van der Waals surface area contributed by atoms with E-state index in [4.69, 9.17) is 0 Å². The van der Waals surface area contributed by atoms with Crippen LogP contribution < -0.4 is 5.32 Å². The highest BCUT2D eigenvalue weighted by Crippen LogP contribution is 2.25. The molecule has 0 amide bonds. The van der Waals surface area contributed by atoms with Crippen LogP contribution in [0.25, 0.3) is 0 Å². The van der Waals surface area contributed by atoms with Crippen LogP contribution in [0.5, 0.6) is 0 Å². The lowest BCUT2D eigenvalue weighted by molar-refractivity contribution is 0.202. The van der Waals surface area contributed by atoms with E-state index in [1.807, 2.05) is 0 Å². The van der Waals surface area contributed by atoms with Crippen molar-refractivity contribution >= 4 is 10.0 Å². The van der Waals surface area contributed by atoms with E-state index in [1.165, 1.54) is 10.9 Å². The number of nitrogens with one attached hydrogen (secondary N) is 1. The summed E-state index contributed by atoms with van der Waals surface area (Å²) in [5, 5.41) is 7.80. The summed E-state index contributed by atoms with van der Waals surface area (Å²) in [6.45, 7) is 6.44. The third-order valence-electron chi connectivity index (χ3n) is 4.26. The van der Waals surface area contributed by atoms with Crippen LogP contribution in [0.3, 0.4) is 0 Å². The lowest BCUT2D eigenvalue weighted by Crippen LogP contribution is -2.51. The van der Waals surface area contributed by atoms with Crippen molar-refractivity contribution in [2.24, 2.45) is 13.0 Å². The van der Waals surface area contributed by atoms with Crippen LogP contribution in [-0.2, 0) is 17.1 Å². The second-order valence-electron chi connectivity index (χ2n) is 5.67. The predicted octanol–water partition coefficient (Wildman–Crippen LogP) is 1.21. The minimum Gasteiger partial charge on any atom is -0.314 e. The number of aromatic nitrogens is 2. The van der Waals surface area contributed by atoms with Crippen molar-refractivity contribution in [3.8, 4) is 0 Å². The molecule has 0 bridgehead atoms. The van der Waals surface area contributed by atoms with E-state index in [2.05, 4.69) is 24.3 Å². The maximum Gasteiger partial charge on any atom is 0.260 e. The quantitative estimate of drug-likeness (QED) is 0.857. The number of hydrogen-bond acceptors (Lipinski definition) is 4. The van der Waals surface area contributed by atoms with E-state index >= 15 is 0 Å². The minimum atomic E-state index is -3.43. The van der Waals surface area contributed by atoms with Gasteiger partial charge in [-0.3, -0.25) is 4.68 Å². The van der Waals surface area contributed by atoms with Crippen molar-refractivity contribution in [2.45, 2.75) is 44.2 Å². The third kappa shape index (κ3) is 3.46. The molecule has 0 spiro atoms. The summed E-state index contributed by atoms with van der Waals surface area (Å²) in [4.78, 5) is 0. The van der Waals surface area contributed by atoms with E-state index in [0.29, 0.717) is 25.0 Å². The Kier molecular flexibility index (Phi) is 5.40. The van der Waals surface area contributed by atoms with Gasteiger partial charge in [0, 0.05) is 26.2 Å². The van der Waals surface area contributed by atoms with Gasteiger partial charge in [-0.15, -0.1) is 0 Å². The first-order valence-electron chi connectivity index (χ1n) is 7.72. The van der Waals surface area contributed by atoms with E-state index in [1.54, 1.807) is 17.4 Å². The molecule has 0 aliphatic carbocycles. The topological polar surface area (TPSA) is 67.2 Å². The molecule has 0 aromatic carbocycles. The molecule has 2 rings (SSSR count). The van der Waals surface area contributed by atoms with E-state index in [9.17, 15) is 8.42 Å². The number of sulfonamides is 1. The first-order chi connectivity index (χ1) is 10.0. The molecule has 21 heavy (non-hydrogen) atoms. The van der Waals surface area contributed by atoms with Crippen molar-refractivity contribution in [1.82, 2.24) is 19.4 Å². The van der Waals surface area contributed by atoms with Crippen LogP contribution in [-0.4, -0.2) is 48.2 Å². The predicted molar refractivity (Wildman–Crippen MR) is 82.4 cm³/mol. The second-order valence-corrected chi connectivity index (χ2v) is 7.56. The van der Waals surface area contributed by atoms with Gasteiger partial charge in [-0.25, -0.2) is 8.42 Å². The highest BCUT2D eigenvalue weighted by molar-refractivity contribution is 7.89. The Balaban J connectivity index is 2.11. The Morgan fingerprint density at radius 1 is 1.43 bits per heavy atom. The van der Waals surface area contributed by atoms with Crippen molar-refractivity contribution in [3.63, 3.8) is 0 Å². The summed E-state index contributed by atoms with van der Waals surface area (Å²) in [5.74, 6) is 0.369. The molecule has 2 atom stereocenters. The van der Waals surface area contributed by atoms with Crippen LogP contribution in [0.4, 0.5) is 0 Å². The van der Waals surface area contributed by atoms with Gasteiger partial charge in [0.05, 0.1) is 6.20 Å². The van der Waals surface area contributed by atoms with Gasteiger partial charge in [0.25, 0.3) is 10.0 Å². The van der Waals surface area contributed by atoms with E-state index < -0.39 is 10.0 Å². The average molecular weight is 314 g/mol. The number of hydrogen-bond donors (Lipinski definition) is 1. The largest absolute Gasteiger partial charge is 0.314 e. The highest BCUT2D eigenvalue weighted by atomic mass is 32.2.